The average Bonchev–Trinajstić information content (AvgIpc) is 2.63. The van der Waals surface area contributed by atoms with Crippen molar-refractivity contribution in [3.63, 3.8) is 0 Å². The molecule has 4 heteroatoms. The third-order valence-corrected chi connectivity index (χ3v) is 6.59. The van der Waals surface area contributed by atoms with Crippen LogP contribution in [0, 0.1) is 23.2 Å². The van der Waals surface area contributed by atoms with Gasteiger partial charge in [0.15, 0.2) is 0 Å². The summed E-state index contributed by atoms with van der Waals surface area (Å²) in [6, 6.07) is 13.8. The van der Waals surface area contributed by atoms with E-state index in [4.69, 9.17) is 0 Å². The highest BCUT2D eigenvalue weighted by atomic mass is 16.2. The highest BCUT2D eigenvalue weighted by Gasteiger charge is 2.54. The predicted octanol–water partition coefficient (Wildman–Crippen LogP) is 4.98. The zero-order valence-corrected chi connectivity index (χ0v) is 14.9. The molecule has 1 aromatic heterocycles. The van der Waals surface area contributed by atoms with E-state index in [1.54, 1.807) is 6.20 Å². The Hall–Kier alpha value is -2.36. The van der Waals surface area contributed by atoms with Crippen LogP contribution in [0.15, 0.2) is 48.7 Å². The third kappa shape index (κ3) is 2.87. The molecule has 4 fully saturated rings. The summed E-state index contributed by atoms with van der Waals surface area (Å²) < 4.78 is 0. The summed E-state index contributed by atoms with van der Waals surface area (Å²) in [5.74, 6) is 3.35. The van der Waals surface area contributed by atoms with Gasteiger partial charge < -0.3 is 10.6 Å². The summed E-state index contributed by atoms with van der Waals surface area (Å²) in [4.78, 5) is 17.5. The van der Waals surface area contributed by atoms with Crippen LogP contribution in [0.2, 0.25) is 0 Å². The van der Waals surface area contributed by atoms with Crippen LogP contribution in [0.5, 0.6) is 0 Å². The predicted molar refractivity (Wildman–Crippen MR) is 103 cm³/mol. The van der Waals surface area contributed by atoms with Gasteiger partial charge in [-0.2, -0.15) is 0 Å². The van der Waals surface area contributed by atoms with Crippen molar-refractivity contribution in [1.82, 2.24) is 4.98 Å². The highest BCUT2D eigenvalue weighted by molar-refractivity contribution is 5.95. The molecule has 4 aliphatic carbocycles. The summed E-state index contributed by atoms with van der Waals surface area (Å²) in [7, 11) is 0. The molecule has 4 nitrogen and oxygen atoms in total. The van der Waals surface area contributed by atoms with Gasteiger partial charge in [0.25, 0.3) is 0 Å². The molecule has 134 valence electrons. The molecule has 4 aliphatic rings. The summed E-state index contributed by atoms with van der Waals surface area (Å²) in [5.41, 5.74) is 1.69. The second-order valence-electron chi connectivity index (χ2n) is 8.58. The van der Waals surface area contributed by atoms with Crippen LogP contribution in [0.4, 0.5) is 17.2 Å². The smallest absolute Gasteiger partial charge is 0.230 e. The topological polar surface area (TPSA) is 54.0 Å². The number of benzene rings is 1. The fraction of sp³-hybridized carbons (Fsp3) is 0.455. The Kier molecular flexibility index (Phi) is 3.73. The molecule has 1 amide bonds. The number of hydrogen-bond acceptors (Lipinski definition) is 3. The Balaban J connectivity index is 1.27. The number of para-hydroxylation sites is 1. The maximum Gasteiger partial charge on any atom is 0.230 e. The van der Waals surface area contributed by atoms with Gasteiger partial charge in [-0.3, -0.25) is 4.79 Å². The number of rotatable bonds is 4. The molecule has 1 aromatic carbocycles. The van der Waals surface area contributed by atoms with E-state index >= 15 is 0 Å². The van der Waals surface area contributed by atoms with Crippen molar-refractivity contribution in [2.24, 2.45) is 23.2 Å². The molecule has 6 rings (SSSR count). The maximum absolute atomic E-state index is 13.1. The van der Waals surface area contributed by atoms with Crippen LogP contribution >= 0.6 is 0 Å². The summed E-state index contributed by atoms with van der Waals surface area (Å²) >= 11 is 0. The number of carbonyl (C=O) groups excluding carboxylic acids is 1. The lowest BCUT2D eigenvalue weighted by Gasteiger charge is -2.55. The van der Waals surface area contributed by atoms with E-state index < -0.39 is 0 Å². The van der Waals surface area contributed by atoms with Gasteiger partial charge in [0, 0.05) is 5.69 Å². The van der Waals surface area contributed by atoms with Gasteiger partial charge in [-0.15, -0.1) is 0 Å². The minimum Gasteiger partial charge on any atom is -0.340 e. The van der Waals surface area contributed by atoms with Crippen LogP contribution in [-0.2, 0) is 4.79 Å². The quantitative estimate of drug-likeness (QED) is 0.820. The molecular weight excluding hydrogens is 322 g/mol. The number of amides is 1. The SMILES string of the molecule is O=C(Nc1ccc(Nc2ccccc2)nc1)C12CC3CC(CC(C3)C1)C2. The number of pyridine rings is 1. The van der Waals surface area contributed by atoms with E-state index in [1.165, 1.54) is 19.3 Å². The molecule has 0 aliphatic heterocycles. The highest BCUT2D eigenvalue weighted by Crippen LogP contribution is 2.60. The molecule has 2 N–H and O–H groups in total. The van der Waals surface area contributed by atoms with Crippen molar-refractivity contribution in [2.45, 2.75) is 38.5 Å². The third-order valence-electron chi connectivity index (χ3n) is 6.59. The Morgan fingerprint density at radius 3 is 2.12 bits per heavy atom. The van der Waals surface area contributed by atoms with E-state index in [2.05, 4.69) is 15.6 Å². The second kappa shape index (κ2) is 6.11. The first kappa shape index (κ1) is 15.9. The van der Waals surface area contributed by atoms with Crippen LogP contribution in [0.1, 0.15) is 38.5 Å². The molecule has 2 aromatic rings. The molecular formula is C22H25N3O. The lowest BCUT2D eigenvalue weighted by molar-refractivity contribution is -0.140. The number of hydrogen-bond donors (Lipinski definition) is 2. The monoisotopic (exact) mass is 347 g/mol. The zero-order chi connectivity index (χ0) is 17.6. The van der Waals surface area contributed by atoms with E-state index in [0.717, 1.165) is 54.2 Å². The first-order valence-electron chi connectivity index (χ1n) is 9.78. The number of aromatic nitrogens is 1. The largest absolute Gasteiger partial charge is 0.340 e. The van der Waals surface area contributed by atoms with Gasteiger partial charge in [-0.05, 0) is 80.5 Å². The van der Waals surface area contributed by atoms with Gasteiger partial charge in [0.1, 0.15) is 5.82 Å². The van der Waals surface area contributed by atoms with Crippen molar-refractivity contribution >= 4 is 23.1 Å². The fourth-order valence-electron chi connectivity index (χ4n) is 5.86. The summed E-state index contributed by atoms with van der Waals surface area (Å²) in [6.07, 6.45) is 9.09. The van der Waals surface area contributed by atoms with Crippen molar-refractivity contribution in [2.75, 3.05) is 10.6 Å². The lowest BCUT2D eigenvalue weighted by Crippen LogP contribution is -2.51. The molecule has 4 saturated carbocycles. The van der Waals surface area contributed by atoms with Gasteiger partial charge in [-0.1, -0.05) is 18.2 Å². The molecule has 0 spiro atoms. The van der Waals surface area contributed by atoms with Crippen molar-refractivity contribution in [1.29, 1.82) is 0 Å². The molecule has 0 atom stereocenters. The molecule has 0 radical (unpaired) electrons. The standard InChI is InChI=1S/C22H25N3O/c26-21(22-11-15-8-16(12-22)10-17(9-15)13-22)25-19-6-7-20(23-14-19)24-18-4-2-1-3-5-18/h1-7,14-17H,8-13H2,(H,23,24)(H,25,26). The van der Waals surface area contributed by atoms with Gasteiger partial charge in [0.2, 0.25) is 5.91 Å². The number of nitrogens with zero attached hydrogens (tertiary/aromatic N) is 1. The van der Waals surface area contributed by atoms with Gasteiger partial charge in [-0.25, -0.2) is 4.98 Å². The van der Waals surface area contributed by atoms with Gasteiger partial charge >= 0.3 is 0 Å². The normalized spacial score (nSPS) is 31.6. The number of anilines is 3. The van der Waals surface area contributed by atoms with E-state index in [9.17, 15) is 4.79 Å². The minimum atomic E-state index is -0.115. The van der Waals surface area contributed by atoms with Crippen molar-refractivity contribution in [3.05, 3.63) is 48.7 Å². The Bertz CT molecular complexity index is 765. The zero-order valence-electron chi connectivity index (χ0n) is 14.9. The average molecular weight is 347 g/mol. The first-order valence-corrected chi connectivity index (χ1v) is 9.78. The Morgan fingerprint density at radius 1 is 0.885 bits per heavy atom. The van der Waals surface area contributed by atoms with Crippen LogP contribution in [-0.4, -0.2) is 10.9 Å². The van der Waals surface area contributed by atoms with Crippen LogP contribution in [0.25, 0.3) is 0 Å². The summed E-state index contributed by atoms with van der Waals surface area (Å²) in [6.45, 7) is 0. The summed E-state index contributed by atoms with van der Waals surface area (Å²) in [5, 5.41) is 6.43. The van der Waals surface area contributed by atoms with Crippen molar-refractivity contribution in [3.8, 4) is 0 Å². The van der Waals surface area contributed by atoms with Crippen LogP contribution in [0.3, 0.4) is 0 Å². The van der Waals surface area contributed by atoms with Crippen LogP contribution < -0.4 is 10.6 Å². The number of carbonyl (C=O) groups is 1. The van der Waals surface area contributed by atoms with E-state index in [0.29, 0.717) is 0 Å². The van der Waals surface area contributed by atoms with E-state index in [1.807, 2.05) is 42.5 Å². The first-order chi connectivity index (χ1) is 12.7. The molecule has 1 heterocycles. The lowest BCUT2D eigenvalue weighted by atomic mass is 9.49. The molecule has 26 heavy (non-hydrogen) atoms. The fourth-order valence-corrected chi connectivity index (χ4v) is 5.86. The molecule has 0 saturated heterocycles. The van der Waals surface area contributed by atoms with Gasteiger partial charge in [0.05, 0.1) is 17.3 Å². The molecule has 4 bridgehead atoms. The minimum absolute atomic E-state index is 0.115. The second-order valence-corrected chi connectivity index (χ2v) is 8.58. The van der Waals surface area contributed by atoms with E-state index in [-0.39, 0.29) is 11.3 Å². The Morgan fingerprint density at radius 2 is 1.54 bits per heavy atom. The molecule has 0 unspecified atom stereocenters. The van der Waals surface area contributed by atoms with Crippen molar-refractivity contribution < 1.29 is 4.79 Å². The Labute approximate surface area is 154 Å². The maximum atomic E-state index is 13.1. The number of nitrogens with one attached hydrogen (secondary N) is 2.